The third kappa shape index (κ3) is 6.46. The summed E-state index contributed by atoms with van der Waals surface area (Å²) in [6.07, 6.45) is 0. The van der Waals surface area contributed by atoms with Crippen LogP contribution in [0, 0.1) is 0 Å². The van der Waals surface area contributed by atoms with Crippen LogP contribution >= 0.6 is 0 Å². The van der Waals surface area contributed by atoms with Gasteiger partial charge in [0, 0.05) is 38.4 Å². The van der Waals surface area contributed by atoms with Crippen LogP contribution in [-0.4, -0.2) is 40.2 Å². The molecule has 76 heavy (non-hydrogen) atoms. The first-order valence-electron chi connectivity index (χ1n) is 26.0. The van der Waals surface area contributed by atoms with Crippen LogP contribution in [-0.2, 0) is 0 Å². The van der Waals surface area contributed by atoms with Crippen LogP contribution in [0.1, 0.15) is 0 Å². The highest BCUT2D eigenvalue weighted by molar-refractivity contribution is 7.21. The number of aromatic nitrogens is 5. The van der Waals surface area contributed by atoms with Gasteiger partial charge in [0.15, 0.2) is 27.8 Å². The third-order valence-corrected chi connectivity index (χ3v) is 25.6. The number of rotatable bonds is 9. The quantitative estimate of drug-likeness (QED) is 0.107. The number of benzene rings is 11. The lowest BCUT2D eigenvalue weighted by Crippen LogP contribution is -2.76. The first-order valence-corrected chi connectivity index (χ1v) is 30.0. The molecule has 0 saturated carbocycles. The van der Waals surface area contributed by atoms with E-state index in [0.717, 1.165) is 32.9 Å². The van der Waals surface area contributed by atoms with Crippen LogP contribution in [0.4, 0.5) is 0 Å². The molecule has 0 fully saturated rings. The number of hydrogen-bond donors (Lipinski definition) is 0. The smallest absolute Gasteiger partial charge is 0.238 e. The molecule has 1 unspecified atom stereocenters. The Balaban J connectivity index is 1.00. The first-order chi connectivity index (χ1) is 37.7. The summed E-state index contributed by atoms with van der Waals surface area (Å²) < 4.78 is 4.74. The number of para-hydroxylation sites is 5. The molecule has 0 aliphatic carbocycles. The second kappa shape index (κ2) is 17.6. The van der Waals surface area contributed by atoms with E-state index in [1.54, 1.807) is 0 Å². The van der Waals surface area contributed by atoms with Crippen molar-refractivity contribution in [2.24, 2.45) is 0 Å². The largest absolute Gasteiger partial charge is 0.309 e. The van der Waals surface area contributed by atoms with Gasteiger partial charge in [-0.1, -0.05) is 261 Å². The van der Waals surface area contributed by atoms with Gasteiger partial charge in [-0.2, -0.15) is 9.97 Å². The zero-order valence-corrected chi connectivity index (χ0v) is 43.4. The van der Waals surface area contributed by atoms with Crippen LogP contribution < -0.4 is 41.5 Å². The molecule has 0 spiro atoms. The summed E-state index contributed by atoms with van der Waals surface area (Å²) in [5, 5.41) is 15.3. The molecule has 4 heterocycles. The molecule has 1 aliphatic heterocycles. The average Bonchev–Trinajstić information content (AvgIpc) is 4.04. The van der Waals surface area contributed by atoms with Crippen molar-refractivity contribution in [2.45, 2.75) is 0 Å². The highest BCUT2D eigenvalue weighted by Gasteiger charge is 2.48. The molecular weight excluding hydrogens is 955 g/mol. The third-order valence-electron chi connectivity index (χ3n) is 16.0. The highest BCUT2D eigenvalue weighted by Crippen LogP contribution is 2.36. The molecule has 0 radical (unpaired) electrons. The SMILES string of the molecule is c1ccc([Si](c2ccccc2)(c2ccccc2)c2cccc(-c3nc(-c4cccc([Si]5(c6ccccc6)c6ccccc6-n6c7ccccc7c7cccc5c76)c4)nc(-n4c5ccccc5c5ccccc54)n3)c2)cc1. The van der Waals surface area contributed by atoms with Crippen LogP contribution in [0.2, 0.25) is 0 Å². The summed E-state index contributed by atoms with van der Waals surface area (Å²) in [7, 11) is -5.98. The summed E-state index contributed by atoms with van der Waals surface area (Å²) in [5.74, 6) is 1.79. The Morgan fingerprint density at radius 3 is 1.33 bits per heavy atom. The minimum absolute atomic E-state index is 0.568. The molecule has 356 valence electrons. The van der Waals surface area contributed by atoms with Gasteiger partial charge in [0.05, 0.1) is 22.1 Å². The van der Waals surface area contributed by atoms with Gasteiger partial charge in [0.1, 0.15) is 0 Å². The lowest BCUT2D eigenvalue weighted by atomic mass is 10.1. The average molecular weight is 1000 g/mol. The van der Waals surface area contributed by atoms with Crippen molar-refractivity contribution in [1.82, 2.24) is 24.1 Å². The fraction of sp³-hybridized carbons (Fsp3) is 0. The Hall–Kier alpha value is -9.54. The Labute approximate surface area is 442 Å². The summed E-state index contributed by atoms with van der Waals surface area (Å²) >= 11 is 0. The standard InChI is InChI=1S/C69H47N5Si2/c1-5-26-50(27-6-1)75(51-28-7-2-8-29-51,52-30-9-3-10-31-52)54-34-21-24-48(46-54)67-70-68(72-69(71-67)74-61-41-17-13-36-56(61)57-37-14-18-42-62(57)74)49-25-22-35-55(47-49)76(53-32-11-4-12-33-53)64-44-20-19-43-63(64)73-60-40-16-15-38-58(60)59-39-23-45-65(76)66(59)73/h1-47H. The van der Waals surface area contributed by atoms with E-state index in [1.807, 2.05) is 0 Å². The molecule has 7 heteroatoms. The molecular formula is C69H47N5Si2. The summed E-state index contributed by atoms with van der Waals surface area (Å²) in [6, 6.07) is 105. The van der Waals surface area contributed by atoms with Crippen LogP contribution in [0.5, 0.6) is 0 Å². The Kier molecular flexibility index (Phi) is 10.2. The monoisotopic (exact) mass is 1000 g/mol. The molecule has 3 aromatic heterocycles. The second-order valence-corrected chi connectivity index (χ2v) is 27.4. The van der Waals surface area contributed by atoms with E-state index in [1.165, 1.54) is 69.0 Å². The molecule has 14 aromatic rings. The van der Waals surface area contributed by atoms with Gasteiger partial charge < -0.3 is 4.57 Å². The van der Waals surface area contributed by atoms with E-state index in [-0.39, 0.29) is 0 Å². The van der Waals surface area contributed by atoms with Crippen LogP contribution in [0.3, 0.4) is 0 Å². The van der Waals surface area contributed by atoms with E-state index in [0.29, 0.717) is 17.6 Å². The first kappa shape index (κ1) is 44.0. The minimum atomic E-state index is -3.07. The van der Waals surface area contributed by atoms with Crippen molar-refractivity contribution in [2.75, 3.05) is 0 Å². The van der Waals surface area contributed by atoms with Gasteiger partial charge in [-0.25, -0.2) is 4.98 Å². The molecule has 15 rings (SSSR count). The number of hydrogen-bond acceptors (Lipinski definition) is 3. The molecule has 0 N–H and O–H groups in total. The highest BCUT2D eigenvalue weighted by atomic mass is 28.3. The summed E-state index contributed by atoms with van der Waals surface area (Å²) in [4.78, 5) is 16.7. The second-order valence-electron chi connectivity index (χ2n) is 19.8. The normalized spacial score (nSPS) is 14.1. The predicted octanol–water partition coefficient (Wildman–Crippen LogP) is 10.5. The van der Waals surface area contributed by atoms with Crippen molar-refractivity contribution in [3.63, 3.8) is 0 Å². The van der Waals surface area contributed by atoms with Crippen molar-refractivity contribution in [1.29, 1.82) is 0 Å². The molecule has 1 atom stereocenters. The zero-order valence-electron chi connectivity index (χ0n) is 41.4. The number of nitrogens with zero attached hydrogens (tertiary/aromatic N) is 5. The molecule has 0 amide bonds. The van der Waals surface area contributed by atoms with Gasteiger partial charge >= 0.3 is 0 Å². The van der Waals surface area contributed by atoms with Gasteiger partial charge in [-0.3, -0.25) is 4.57 Å². The maximum Gasteiger partial charge on any atom is 0.238 e. The van der Waals surface area contributed by atoms with Gasteiger partial charge in [0.25, 0.3) is 0 Å². The fourth-order valence-electron chi connectivity index (χ4n) is 12.9. The van der Waals surface area contributed by atoms with Crippen molar-refractivity contribution >= 4 is 101 Å². The maximum absolute atomic E-state index is 5.61. The van der Waals surface area contributed by atoms with E-state index >= 15 is 0 Å². The molecule has 5 nitrogen and oxygen atoms in total. The lowest BCUT2D eigenvalue weighted by molar-refractivity contribution is 0.953. The van der Waals surface area contributed by atoms with E-state index in [9.17, 15) is 0 Å². The van der Waals surface area contributed by atoms with Crippen molar-refractivity contribution in [3.05, 3.63) is 285 Å². The van der Waals surface area contributed by atoms with Crippen LogP contribution in [0.25, 0.3) is 78.0 Å². The number of fused-ring (bicyclic) bond motifs is 8. The predicted molar refractivity (Wildman–Crippen MR) is 320 cm³/mol. The molecule has 1 aliphatic rings. The van der Waals surface area contributed by atoms with Gasteiger partial charge in [-0.05, 0) is 65.8 Å². The Bertz CT molecular complexity index is 4390. The zero-order chi connectivity index (χ0) is 50.2. The van der Waals surface area contributed by atoms with Gasteiger partial charge in [-0.15, -0.1) is 0 Å². The fourth-order valence-corrected chi connectivity index (χ4v) is 22.8. The van der Waals surface area contributed by atoms with Crippen LogP contribution in [0.15, 0.2) is 285 Å². The molecule has 0 bridgehead atoms. The van der Waals surface area contributed by atoms with Crippen molar-refractivity contribution < 1.29 is 0 Å². The van der Waals surface area contributed by atoms with Crippen molar-refractivity contribution in [3.8, 4) is 34.4 Å². The topological polar surface area (TPSA) is 48.5 Å². The Morgan fingerprint density at radius 1 is 0.303 bits per heavy atom. The maximum atomic E-state index is 5.61. The van der Waals surface area contributed by atoms with Gasteiger partial charge in [0.2, 0.25) is 5.95 Å². The van der Waals surface area contributed by atoms with E-state index in [4.69, 9.17) is 15.0 Å². The summed E-state index contributed by atoms with van der Waals surface area (Å²) in [5.41, 5.74) is 7.66. The van der Waals surface area contributed by atoms with E-state index < -0.39 is 16.1 Å². The van der Waals surface area contributed by atoms with E-state index in [2.05, 4.69) is 294 Å². The lowest BCUT2D eigenvalue weighted by Gasteiger charge is -2.39. The molecule has 11 aromatic carbocycles. The Morgan fingerprint density at radius 2 is 0.724 bits per heavy atom. The minimum Gasteiger partial charge on any atom is -0.309 e. The summed E-state index contributed by atoms with van der Waals surface area (Å²) in [6.45, 7) is 0. The molecule has 0 saturated heterocycles.